The quantitative estimate of drug-likeness (QED) is 0.418. The van der Waals surface area contributed by atoms with E-state index in [-0.39, 0.29) is 18.4 Å². The van der Waals surface area contributed by atoms with E-state index in [1.54, 1.807) is 16.2 Å². The molecule has 1 aliphatic heterocycles. The smallest absolute Gasteiger partial charge is 0.271 e. The standard InChI is InChI=1S/C27H27N3O3S/c1-3-33-23-12-8-7-11-21(23)17-30-24(31)22-15-20-13-14-34-25(20)29(22)18-27(30,2)26(32)28-16-19-9-5-4-6-10-19/h4-15H,3,16-18H2,1-2H3,(H,28,32)/t27-/m0/s1. The molecule has 3 heterocycles. The molecule has 0 fully saturated rings. The molecule has 4 aromatic rings. The molecular formula is C27H27N3O3S. The molecule has 0 radical (unpaired) electrons. The molecule has 2 aromatic carbocycles. The van der Waals surface area contributed by atoms with Crippen LogP contribution in [0.1, 0.15) is 35.5 Å². The molecule has 1 N–H and O–H groups in total. The Morgan fingerprint density at radius 2 is 1.88 bits per heavy atom. The zero-order chi connectivity index (χ0) is 23.7. The summed E-state index contributed by atoms with van der Waals surface area (Å²) in [5.41, 5.74) is 1.43. The molecule has 2 aromatic heterocycles. The van der Waals surface area contributed by atoms with Crippen LogP contribution in [-0.2, 0) is 24.4 Å². The first-order valence-electron chi connectivity index (χ1n) is 11.4. The number of aromatic nitrogens is 1. The molecule has 0 bridgehead atoms. The van der Waals surface area contributed by atoms with E-state index in [2.05, 4.69) is 5.32 Å². The van der Waals surface area contributed by atoms with Crippen LogP contribution in [0.25, 0.3) is 10.2 Å². The topological polar surface area (TPSA) is 63.6 Å². The molecule has 174 valence electrons. The second kappa shape index (κ2) is 8.99. The Kier molecular flexibility index (Phi) is 5.87. The van der Waals surface area contributed by atoms with Crippen LogP contribution in [0, 0.1) is 0 Å². The maximum Gasteiger partial charge on any atom is 0.271 e. The number of carbonyl (C=O) groups excluding carboxylic acids is 2. The number of thiophene rings is 1. The second-order valence-electron chi connectivity index (χ2n) is 8.67. The average molecular weight is 474 g/mol. The van der Waals surface area contributed by atoms with Crippen LogP contribution < -0.4 is 10.1 Å². The maximum absolute atomic E-state index is 13.8. The van der Waals surface area contributed by atoms with Crippen molar-refractivity contribution in [2.24, 2.45) is 0 Å². The number of hydrogen-bond acceptors (Lipinski definition) is 4. The number of rotatable bonds is 7. The van der Waals surface area contributed by atoms with Gasteiger partial charge in [0.15, 0.2) is 0 Å². The van der Waals surface area contributed by atoms with E-state index < -0.39 is 5.54 Å². The van der Waals surface area contributed by atoms with Gasteiger partial charge in [-0.15, -0.1) is 11.3 Å². The van der Waals surface area contributed by atoms with Crippen molar-refractivity contribution in [1.82, 2.24) is 14.8 Å². The maximum atomic E-state index is 13.8. The molecule has 34 heavy (non-hydrogen) atoms. The summed E-state index contributed by atoms with van der Waals surface area (Å²) in [6.07, 6.45) is 0. The highest BCUT2D eigenvalue weighted by Gasteiger charge is 2.48. The summed E-state index contributed by atoms with van der Waals surface area (Å²) in [4.78, 5) is 30.3. The van der Waals surface area contributed by atoms with Crippen LogP contribution >= 0.6 is 11.3 Å². The van der Waals surface area contributed by atoms with Crippen LogP contribution in [0.5, 0.6) is 5.75 Å². The number of amides is 2. The Labute approximate surface area is 202 Å². The third-order valence-corrected chi connectivity index (χ3v) is 7.37. The van der Waals surface area contributed by atoms with Crippen LogP contribution in [0.2, 0.25) is 0 Å². The van der Waals surface area contributed by atoms with E-state index in [1.165, 1.54) is 0 Å². The number of para-hydroxylation sites is 1. The van der Waals surface area contributed by atoms with Crippen molar-refractivity contribution in [2.45, 2.75) is 39.0 Å². The van der Waals surface area contributed by atoms with Gasteiger partial charge in [-0.05, 0) is 43.0 Å². The van der Waals surface area contributed by atoms with Gasteiger partial charge in [0, 0.05) is 17.5 Å². The predicted molar refractivity (Wildman–Crippen MR) is 134 cm³/mol. The molecule has 0 unspecified atom stereocenters. The van der Waals surface area contributed by atoms with Gasteiger partial charge in [-0.2, -0.15) is 0 Å². The highest BCUT2D eigenvalue weighted by Crippen LogP contribution is 2.36. The largest absolute Gasteiger partial charge is 0.494 e. The highest BCUT2D eigenvalue weighted by atomic mass is 32.1. The Hall–Kier alpha value is -3.58. The fourth-order valence-corrected chi connectivity index (χ4v) is 5.47. The summed E-state index contributed by atoms with van der Waals surface area (Å²) in [6, 6.07) is 21.4. The van der Waals surface area contributed by atoms with Crippen LogP contribution in [0.15, 0.2) is 72.1 Å². The zero-order valence-electron chi connectivity index (χ0n) is 19.3. The molecule has 2 amide bonds. The molecule has 0 saturated carbocycles. The first-order chi connectivity index (χ1) is 16.5. The summed E-state index contributed by atoms with van der Waals surface area (Å²) in [5, 5.41) is 6.11. The third kappa shape index (κ3) is 3.86. The van der Waals surface area contributed by atoms with E-state index in [0.29, 0.717) is 25.4 Å². The number of benzene rings is 2. The lowest BCUT2D eigenvalue weighted by atomic mass is 9.93. The van der Waals surface area contributed by atoms with Crippen molar-refractivity contribution in [2.75, 3.05) is 6.61 Å². The minimum atomic E-state index is -1.08. The number of carbonyl (C=O) groups is 2. The molecule has 5 rings (SSSR count). The SMILES string of the molecule is CCOc1ccccc1CN1C(=O)c2cc3ccsc3n2C[C@@]1(C)C(=O)NCc1ccccc1. The van der Waals surface area contributed by atoms with E-state index in [1.807, 2.05) is 90.5 Å². The average Bonchev–Trinajstić information content (AvgIpc) is 3.44. The van der Waals surface area contributed by atoms with Gasteiger partial charge in [0.2, 0.25) is 5.91 Å². The van der Waals surface area contributed by atoms with Crippen LogP contribution in [0.4, 0.5) is 0 Å². The molecule has 7 heteroatoms. The third-order valence-electron chi connectivity index (χ3n) is 6.41. The van der Waals surface area contributed by atoms with Crippen molar-refractivity contribution in [1.29, 1.82) is 0 Å². The lowest BCUT2D eigenvalue weighted by Crippen LogP contribution is -2.63. The van der Waals surface area contributed by atoms with Gasteiger partial charge in [0.25, 0.3) is 5.91 Å². The van der Waals surface area contributed by atoms with Crippen molar-refractivity contribution in [3.8, 4) is 5.75 Å². The zero-order valence-corrected chi connectivity index (χ0v) is 20.1. The lowest BCUT2D eigenvalue weighted by molar-refractivity contribution is -0.133. The fraction of sp³-hybridized carbons (Fsp3) is 0.259. The van der Waals surface area contributed by atoms with E-state index >= 15 is 0 Å². The Balaban J connectivity index is 1.52. The van der Waals surface area contributed by atoms with Crippen molar-refractivity contribution >= 4 is 33.4 Å². The second-order valence-corrected chi connectivity index (χ2v) is 9.57. The minimum Gasteiger partial charge on any atom is -0.494 e. The first kappa shape index (κ1) is 22.2. The van der Waals surface area contributed by atoms with Gasteiger partial charge in [-0.3, -0.25) is 9.59 Å². The first-order valence-corrected chi connectivity index (χ1v) is 12.3. The summed E-state index contributed by atoms with van der Waals surface area (Å²) < 4.78 is 7.81. The normalized spacial score (nSPS) is 17.6. The van der Waals surface area contributed by atoms with Gasteiger partial charge in [-0.25, -0.2) is 0 Å². The molecule has 0 saturated heterocycles. The number of ether oxygens (including phenoxy) is 1. The van der Waals surface area contributed by atoms with Crippen molar-refractivity contribution < 1.29 is 14.3 Å². The number of nitrogens with zero attached hydrogens (tertiary/aromatic N) is 2. The number of fused-ring (bicyclic) bond motifs is 3. The van der Waals surface area contributed by atoms with E-state index in [4.69, 9.17) is 4.74 Å². The lowest BCUT2D eigenvalue weighted by Gasteiger charge is -2.44. The molecule has 1 aliphatic rings. The molecular weight excluding hydrogens is 446 g/mol. The van der Waals surface area contributed by atoms with Gasteiger partial charge in [0.1, 0.15) is 21.8 Å². The van der Waals surface area contributed by atoms with Crippen molar-refractivity contribution in [3.05, 3.63) is 88.9 Å². The number of nitrogens with one attached hydrogen (secondary N) is 1. The molecule has 0 aliphatic carbocycles. The Morgan fingerprint density at radius 3 is 2.68 bits per heavy atom. The summed E-state index contributed by atoms with van der Waals surface area (Å²) in [7, 11) is 0. The molecule has 1 atom stereocenters. The highest BCUT2D eigenvalue weighted by molar-refractivity contribution is 7.16. The molecule has 0 spiro atoms. The monoisotopic (exact) mass is 473 g/mol. The Morgan fingerprint density at radius 1 is 1.12 bits per heavy atom. The van der Waals surface area contributed by atoms with Crippen molar-refractivity contribution in [3.63, 3.8) is 0 Å². The summed E-state index contributed by atoms with van der Waals surface area (Å²) in [5.74, 6) is 0.396. The summed E-state index contributed by atoms with van der Waals surface area (Å²) >= 11 is 1.59. The van der Waals surface area contributed by atoms with E-state index in [0.717, 1.165) is 27.1 Å². The Bertz CT molecular complexity index is 1340. The van der Waals surface area contributed by atoms with E-state index in [9.17, 15) is 9.59 Å². The number of hydrogen-bond donors (Lipinski definition) is 1. The van der Waals surface area contributed by atoms with Gasteiger partial charge < -0.3 is 19.5 Å². The predicted octanol–water partition coefficient (Wildman–Crippen LogP) is 4.83. The van der Waals surface area contributed by atoms with Crippen LogP contribution in [0.3, 0.4) is 0 Å². The summed E-state index contributed by atoms with van der Waals surface area (Å²) in [6.45, 7) is 5.39. The molecule has 6 nitrogen and oxygen atoms in total. The van der Waals surface area contributed by atoms with Gasteiger partial charge in [-0.1, -0.05) is 48.5 Å². The van der Waals surface area contributed by atoms with Gasteiger partial charge >= 0.3 is 0 Å². The van der Waals surface area contributed by atoms with Crippen LogP contribution in [-0.4, -0.2) is 33.4 Å². The minimum absolute atomic E-state index is 0.154. The van der Waals surface area contributed by atoms with Gasteiger partial charge in [0.05, 0.1) is 19.7 Å². The fourth-order valence-electron chi connectivity index (χ4n) is 4.58.